The molecule has 5 rings (SSSR count). The molecular formula is C23H20ClN7O3. The van der Waals surface area contributed by atoms with Crippen LogP contribution in [0.5, 0.6) is 0 Å². The highest BCUT2D eigenvalue weighted by Crippen LogP contribution is 2.20. The summed E-state index contributed by atoms with van der Waals surface area (Å²) in [5, 5.41) is 13.3. The van der Waals surface area contributed by atoms with Crippen LogP contribution in [0.1, 0.15) is 33.3 Å². The lowest BCUT2D eigenvalue weighted by Crippen LogP contribution is -2.21. The van der Waals surface area contributed by atoms with E-state index in [1.807, 2.05) is 39.0 Å². The molecule has 34 heavy (non-hydrogen) atoms. The van der Waals surface area contributed by atoms with Gasteiger partial charge in [-0.25, -0.2) is 14.5 Å². The molecule has 11 heteroatoms. The van der Waals surface area contributed by atoms with Crippen LogP contribution < -0.4 is 5.56 Å². The van der Waals surface area contributed by atoms with Crippen molar-refractivity contribution >= 4 is 34.3 Å². The van der Waals surface area contributed by atoms with E-state index in [0.717, 1.165) is 17.0 Å². The van der Waals surface area contributed by atoms with Gasteiger partial charge in [0.2, 0.25) is 5.78 Å². The molecule has 5 aromatic rings. The number of pyridine rings is 1. The maximum atomic E-state index is 12.9. The minimum atomic E-state index is -0.713. The van der Waals surface area contributed by atoms with Gasteiger partial charge in [-0.1, -0.05) is 23.2 Å². The largest absolute Gasteiger partial charge is 0.453 e. The molecular weight excluding hydrogens is 458 g/mol. The molecule has 10 nitrogen and oxygen atoms in total. The summed E-state index contributed by atoms with van der Waals surface area (Å²) in [5.41, 5.74) is 3.06. The third-order valence-electron chi connectivity index (χ3n) is 5.52. The van der Waals surface area contributed by atoms with Crippen molar-refractivity contribution in [3.8, 4) is 5.82 Å². The number of hydrogen-bond donors (Lipinski definition) is 0. The predicted octanol–water partition coefficient (Wildman–Crippen LogP) is 3.10. The summed E-state index contributed by atoms with van der Waals surface area (Å²) in [6.07, 6.45) is 0. The number of esters is 1. The molecule has 0 aliphatic carbocycles. The lowest BCUT2D eigenvalue weighted by Gasteiger charge is -2.10. The number of carbonyl (C=O) groups is 1. The first kappa shape index (κ1) is 21.8. The summed E-state index contributed by atoms with van der Waals surface area (Å²) < 4.78 is 10.2. The van der Waals surface area contributed by atoms with Crippen LogP contribution in [0, 0.1) is 20.8 Å². The van der Waals surface area contributed by atoms with Crippen LogP contribution in [0.4, 0.5) is 0 Å². The molecule has 1 aromatic carbocycles. The molecule has 0 atom stereocenters. The highest BCUT2D eigenvalue weighted by Gasteiger charge is 2.20. The second-order valence-corrected chi connectivity index (χ2v) is 8.46. The van der Waals surface area contributed by atoms with Crippen LogP contribution >= 0.6 is 11.6 Å². The molecule has 0 unspecified atom stereocenters. The first-order valence-electron chi connectivity index (χ1n) is 10.5. The van der Waals surface area contributed by atoms with Gasteiger partial charge in [-0.15, -0.1) is 10.2 Å². The van der Waals surface area contributed by atoms with Crippen molar-refractivity contribution in [2.45, 2.75) is 27.4 Å². The van der Waals surface area contributed by atoms with Gasteiger partial charge < -0.3 is 4.74 Å². The lowest BCUT2D eigenvalue weighted by molar-refractivity contribution is 0.0454. The number of aromatic nitrogens is 7. The Morgan fingerprint density at radius 3 is 2.62 bits per heavy atom. The van der Waals surface area contributed by atoms with E-state index in [-0.39, 0.29) is 22.9 Å². The zero-order valence-electron chi connectivity index (χ0n) is 18.9. The Morgan fingerprint density at radius 1 is 1.09 bits per heavy atom. The number of nitrogens with zero attached hydrogens (tertiary/aromatic N) is 7. The summed E-state index contributed by atoms with van der Waals surface area (Å²) in [6.45, 7) is 5.49. The number of fused-ring (bicyclic) bond motifs is 3. The highest BCUT2D eigenvalue weighted by atomic mass is 35.5. The van der Waals surface area contributed by atoms with Crippen molar-refractivity contribution < 1.29 is 9.53 Å². The third kappa shape index (κ3) is 3.52. The van der Waals surface area contributed by atoms with Gasteiger partial charge in [0, 0.05) is 12.7 Å². The Bertz CT molecular complexity index is 1670. The summed E-state index contributed by atoms with van der Waals surface area (Å²) in [4.78, 5) is 30.0. The summed E-state index contributed by atoms with van der Waals surface area (Å²) in [6, 6.07) is 10.7. The predicted molar refractivity (Wildman–Crippen MR) is 125 cm³/mol. The van der Waals surface area contributed by atoms with Crippen molar-refractivity contribution in [1.82, 2.24) is 33.9 Å². The van der Waals surface area contributed by atoms with E-state index in [0.29, 0.717) is 28.3 Å². The van der Waals surface area contributed by atoms with E-state index < -0.39 is 5.97 Å². The second-order valence-electron chi connectivity index (χ2n) is 8.05. The Labute approximate surface area is 198 Å². The van der Waals surface area contributed by atoms with Crippen LogP contribution in [0.15, 0.2) is 41.2 Å². The van der Waals surface area contributed by atoms with Crippen LogP contribution in [-0.4, -0.2) is 39.9 Å². The van der Waals surface area contributed by atoms with Gasteiger partial charge in [0.25, 0.3) is 5.56 Å². The fraction of sp³-hybridized carbons (Fsp3) is 0.217. The van der Waals surface area contributed by atoms with Gasteiger partial charge in [-0.2, -0.15) is 5.10 Å². The van der Waals surface area contributed by atoms with E-state index in [1.54, 1.807) is 34.3 Å². The molecule has 4 aromatic heterocycles. The average molecular weight is 478 g/mol. The van der Waals surface area contributed by atoms with E-state index in [2.05, 4.69) is 20.3 Å². The Hall–Kier alpha value is -4.05. The Morgan fingerprint density at radius 2 is 1.88 bits per heavy atom. The van der Waals surface area contributed by atoms with Crippen LogP contribution in [0.25, 0.3) is 22.5 Å². The fourth-order valence-electron chi connectivity index (χ4n) is 3.90. The quantitative estimate of drug-likeness (QED) is 0.366. The number of rotatable bonds is 4. The third-order valence-corrected chi connectivity index (χ3v) is 5.83. The minimum absolute atomic E-state index is 0.0339. The fourth-order valence-corrected chi connectivity index (χ4v) is 4.09. The monoisotopic (exact) mass is 477 g/mol. The lowest BCUT2D eigenvalue weighted by atomic mass is 10.1. The van der Waals surface area contributed by atoms with Crippen molar-refractivity contribution in [1.29, 1.82) is 0 Å². The van der Waals surface area contributed by atoms with Crippen LogP contribution in [0.2, 0.25) is 5.02 Å². The molecule has 172 valence electrons. The number of halogens is 1. The van der Waals surface area contributed by atoms with Gasteiger partial charge in [-0.3, -0.25) is 13.8 Å². The van der Waals surface area contributed by atoms with Crippen molar-refractivity contribution in [3.63, 3.8) is 0 Å². The van der Waals surface area contributed by atoms with Gasteiger partial charge >= 0.3 is 5.97 Å². The van der Waals surface area contributed by atoms with Gasteiger partial charge in [0.15, 0.2) is 23.9 Å². The van der Waals surface area contributed by atoms with Crippen LogP contribution in [0.3, 0.4) is 0 Å². The smallest absolute Gasteiger partial charge is 0.359 e. The first-order valence-corrected chi connectivity index (χ1v) is 10.8. The van der Waals surface area contributed by atoms with Gasteiger partial charge in [0.1, 0.15) is 0 Å². The van der Waals surface area contributed by atoms with E-state index in [9.17, 15) is 9.59 Å². The minimum Gasteiger partial charge on any atom is -0.453 e. The first-order chi connectivity index (χ1) is 16.2. The number of aryl methyl sites for hydroxylation is 4. The standard InChI is InChI=1S/C23H20ClN7O3/c1-12-5-7-17-15(9-12)21(32)29(4)23-27-26-19(30(17)23)11-34-22(33)20-16(24)6-8-18(25-20)31-14(3)10-13(2)28-31/h5-10H,11H2,1-4H3. The maximum absolute atomic E-state index is 12.9. The normalized spacial score (nSPS) is 11.4. The van der Waals surface area contributed by atoms with Gasteiger partial charge in [0.05, 0.1) is 21.6 Å². The Balaban J connectivity index is 1.49. The van der Waals surface area contributed by atoms with E-state index >= 15 is 0 Å². The van der Waals surface area contributed by atoms with E-state index in [1.165, 1.54) is 4.57 Å². The second kappa shape index (κ2) is 8.07. The molecule has 0 spiro atoms. The molecule has 0 aliphatic rings. The molecule has 0 saturated carbocycles. The number of carbonyl (C=O) groups excluding carboxylic acids is 1. The molecule has 0 bridgehead atoms. The van der Waals surface area contributed by atoms with Gasteiger partial charge in [-0.05, 0) is 51.1 Å². The van der Waals surface area contributed by atoms with Crippen LogP contribution in [-0.2, 0) is 18.4 Å². The van der Waals surface area contributed by atoms with Crippen molar-refractivity contribution in [2.24, 2.45) is 7.05 Å². The average Bonchev–Trinajstić information content (AvgIpc) is 3.38. The highest BCUT2D eigenvalue weighted by molar-refractivity contribution is 6.33. The zero-order chi connectivity index (χ0) is 24.1. The number of hydrogen-bond acceptors (Lipinski definition) is 7. The zero-order valence-corrected chi connectivity index (χ0v) is 19.7. The van der Waals surface area contributed by atoms with E-state index in [4.69, 9.17) is 16.3 Å². The molecule has 4 heterocycles. The summed E-state index contributed by atoms with van der Waals surface area (Å²) >= 11 is 6.25. The number of benzene rings is 1. The molecule has 0 fully saturated rings. The van der Waals surface area contributed by atoms with Crippen molar-refractivity contribution in [2.75, 3.05) is 0 Å². The summed E-state index contributed by atoms with van der Waals surface area (Å²) in [7, 11) is 1.62. The summed E-state index contributed by atoms with van der Waals surface area (Å²) in [5.74, 6) is 0.440. The molecule has 0 amide bonds. The maximum Gasteiger partial charge on any atom is 0.359 e. The molecule has 0 N–H and O–H groups in total. The SMILES string of the molecule is Cc1ccc2c(c1)c(=O)n(C)c1nnc(COC(=O)c3nc(-n4nc(C)cc4C)ccc3Cl)n21. The molecule has 0 aliphatic heterocycles. The Kier molecular flexibility index (Phi) is 5.17. The molecule has 0 radical (unpaired) electrons. The topological polar surface area (TPSA) is 109 Å². The number of ether oxygens (including phenoxy) is 1. The van der Waals surface area contributed by atoms with Crippen molar-refractivity contribution in [3.05, 3.63) is 80.2 Å². The molecule has 0 saturated heterocycles.